The molecule has 0 aliphatic carbocycles. The quantitative estimate of drug-likeness (QED) is 0.412. The average Bonchev–Trinajstić information content (AvgIpc) is 2.54. The minimum atomic E-state index is -0.692. The first-order valence-electron chi connectivity index (χ1n) is 7.52. The van der Waals surface area contributed by atoms with Gasteiger partial charge in [-0.1, -0.05) is 13.8 Å². The molecular weight excluding hydrogens is 504 g/mol. The molecule has 3 aromatic rings. The molecular formula is C17H14BrFIN3O2. The van der Waals surface area contributed by atoms with Gasteiger partial charge in [-0.25, -0.2) is 9.18 Å². The third-order valence-corrected chi connectivity index (χ3v) is 6.32. The van der Waals surface area contributed by atoms with Gasteiger partial charge in [0.1, 0.15) is 5.52 Å². The third-order valence-electron chi connectivity index (χ3n) is 3.95. The summed E-state index contributed by atoms with van der Waals surface area (Å²) in [5.74, 6) is -0.637. The Labute approximate surface area is 164 Å². The number of aromatic amines is 1. The van der Waals surface area contributed by atoms with E-state index in [-0.39, 0.29) is 21.3 Å². The highest BCUT2D eigenvalue weighted by Gasteiger charge is 2.22. The largest absolute Gasteiger partial charge is 0.333 e. The zero-order valence-corrected chi connectivity index (χ0v) is 17.4. The van der Waals surface area contributed by atoms with Crippen molar-refractivity contribution >= 4 is 49.4 Å². The number of hydrogen-bond donors (Lipinski definition) is 1. The van der Waals surface area contributed by atoms with E-state index in [1.165, 1.54) is 4.57 Å². The lowest BCUT2D eigenvalue weighted by atomic mass is 10.0. The molecule has 0 amide bonds. The molecule has 1 aromatic carbocycles. The maximum absolute atomic E-state index is 15.0. The predicted octanol–water partition coefficient (Wildman–Crippen LogP) is 4.01. The number of rotatable bonds is 2. The number of hydrogen-bond acceptors (Lipinski definition) is 3. The van der Waals surface area contributed by atoms with Crippen LogP contribution in [0.5, 0.6) is 0 Å². The van der Waals surface area contributed by atoms with Crippen LogP contribution in [0.2, 0.25) is 0 Å². The van der Waals surface area contributed by atoms with Crippen LogP contribution in [0.3, 0.4) is 0 Å². The van der Waals surface area contributed by atoms with Crippen LogP contribution in [0.4, 0.5) is 4.39 Å². The number of nitrogens with zero attached hydrogens (tertiary/aromatic N) is 2. The van der Waals surface area contributed by atoms with Crippen LogP contribution in [-0.2, 0) is 0 Å². The molecule has 0 fully saturated rings. The van der Waals surface area contributed by atoms with E-state index < -0.39 is 17.1 Å². The van der Waals surface area contributed by atoms with E-state index in [2.05, 4.69) is 25.9 Å². The Bertz CT molecular complexity index is 1120. The zero-order chi connectivity index (χ0) is 18.5. The Morgan fingerprint density at radius 3 is 2.68 bits per heavy atom. The number of pyridine rings is 1. The van der Waals surface area contributed by atoms with E-state index in [1.54, 1.807) is 18.3 Å². The molecule has 0 saturated carbocycles. The predicted molar refractivity (Wildman–Crippen MR) is 107 cm³/mol. The van der Waals surface area contributed by atoms with Crippen LogP contribution in [0.25, 0.3) is 16.6 Å². The van der Waals surface area contributed by atoms with Crippen molar-refractivity contribution in [3.8, 4) is 5.69 Å². The summed E-state index contributed by atoms with van der Waals surface area (Å²) < 4.78 is 17.0. The molecule has 25 heavy (non-hydrogen) atoms. The van der Waals surface area contributed by atoms with Gasteiger partial charge in [-0.15, -0.1) is 0 Å². The van der Waals surface area contributed by atoms with Crippen LogP contribution in [-0.4, -0.2) is 14.5 Å². The fourth-order valence-corrected chi connectivity index (χ4v) is 3.65. The Morgan fingerprint density at radius 2 is 2.04 bits per heavy atom. The van der Waals surface area contributed by atoms with Gasteiger partial charge < -0.3 is 0 Å². The number of benzene rings is 1. The first-order chi connectivity index (χ1) is 11.7. The monoisotopic (exact) mass is 517 g/mol. The van der Waals surface area contributed by atoms with Crippen molar-refractivity contribution in [1.29, 1.82) is 0 Å². The minimum absolute atomic E-state index is 0.0131. The number of fused-ring (bicyclic) bond motifs is 1. The summed E-state index contributed by atoms with van der Waals surface area (Å²) in [4.78, 5) is 31.5. The topological polar surface area (TPSA) is 67.8 Å². The Balaban J connectivity index is 2.63. The minimum Gasteiger partial charge on any atom is -0.273 e. The Hall–Kier alpha value is -1.55. The highest BCUT2D eigenvalue weighted by atomic mass is 127. The number of aromatic nitrogens is 3. The van der Waals surface area contributed by atoms with Gasteiger partial charge in [0.15, 0.2) is 5.82 Å². The van der Waals surface area contributed by atoms with E-state index in [0.717, 1.165) is 5.56 Å². The van der Waals surface area contributed by atoms with Gasteiger partial charge in [0, 0.05) is 9.77 Å². The van der Waals surface area contributed by atoms with Gasteiger partial charge in [0.05, 0.1) is 21.2 Å². The summed E-state index contributed by atoms with van der Waals surface area (Å²) in [7, 11) is 0. The molecule has 1 N–H and O–H groups in total. The highest BCUT2D eigenvalue weighted by molar-refractivity contribution is 14.1. The van der Waals surface area contributed by atoms with Crippen LogP contribution < -0.4 is 11.2 Å². The molecule has 0 aliphatic rings. The lowest BCUT2D eigenvalue weighted by molar-refractivity contribution is 0.623. The summed E-state index contributed by atoms with van der Waals surface area (Å²) >= 11 is 5.13. The first-order valence-corrected chi connectivity index (χ1v) is 9.39. The molecule has 0 bridgehead atoms. The fourth-order valence-electron chi connectivity index (χ4n) is 2.80. The van der Waals surface area contributed by atoms with Crippen LogP contribution in [0.15, 0.2) is 32.4 Å². The average molecular weight is 518 g/mol. The maximum atomic E-state index is 15.0. The van der Waals surface area contributed by atoms with Crippen molar-refractivity contribution in [3.63, 3.8) is 0 Å². The summed E-state index contributed by atoms with van der Waals surface area (Å²) in [5.41, 5.74) is 0.554. The van der Waals surface area contributed by atoms with Gasteiger partial charge in [0.2, 0.25) is 0 Å². The van der Waals surface area contributed by atoms with Gasteiger partial charge in [0.25, 0.3) is 5.56 Å². The molecule has 2 heterocycles. The SMILES string of the molecule is Cc1ccnc(C(C)C)c1-n1c(=O)[nH]c(=O)c2cc(I)c(Br)c(F)c21. The van der Waals surface area contributed by atoms with Crippen LogP contribution >= 0.6 is 38.5 Å². The summed E-state index contributed by atoms with van der Waals surface area (Å²) in [6, 6.07) is 3.31. The Morgan fingerprint density at radius 1 is 1.36 bits per heavy atom. The highest BCUT2D eigenvalue weighted by Crippen LogP contribution is 2.31. The second kappa shape index (κ2) is 6.64. The smallest absolute Gasteiger partial charge is 0.273 e. The summed E-state index contributed by atoms with van der Waals surface area (Å²) in [5, 5.41) is 0.114. The molecule has 0 spiro atoms. The van der Waals surface area contributed by atoms with Crippen LogP contribution in [0, 0.1) is 16.3 Å². The number of aryl methyl sites for hydroxylation is 1. The molecule has 0 radical (unpaired) electrons. The van der Waals surface area contributed by atoms with Crippen molar-refractivity contribution in [2.75, 3.05) is 0 Å². The lowest BCUT2D eigenvalue weighted by Gasteiger charge is -2.18. The molecule has 0 atom stereocenters. The van der Waals surface area contributed by atoms with E-state index in [4.69, 9.17) is 0 Å². The second-order valence-electron chi connectivity index (χ2n) is 5.99. The van der Waals surface area contributed by atoms with Crippen molar-refractivity contribution in [2.45, 2.75) is 26.7 Å². The summed E-state index contributed by atoms with van der Waals surface area (Å²) in [6.07, 6.45) is 1.66. The van der Waals surface area contributed by atoms with Crippen molar-refractivity contribution in [1.82, 2.24) is 14.5 Å². The number of halogens is 3. The van der Waals surface area contributed by atoms with E-state index in [1.807, 2.05) is 43.4 Å². The molecule has 2 aromatic heterocycles. The molecule has 130 valence electrons. The molecule has 8 heteroatoms. The fraction of sp³-hybridized carbons (Fsp3) is 0.235. The number of nitrogens with one attached hydrogen (secondary N) is 1. The maximum Gasteiger partial charge on any atom is 0.333 e. The number of H-pyrrole nitrogens is 1. The van der Waals surface area contributed by atoms with E-state index >= 15 is 4.39 Å². The summed E-state index contributed by atoms with van der Waals surface area (Å²) in [6.45, 7) is 5.71. The standard InChI is InChI=1S/C17H14BrFIN3O2/c1-7(2)13-14(8(3)4-5-21-13)23-15-9(16(24)22-17(23)25)6-10(20)11(18)12(15)19/h4-7H,1-3H3,(H,22,24,25). The third kappa shape index (κ3) is 2.95. The molecule has 0 aliphatic heterocycles. The Kier molecular flexibility index (Phi) is 4.84. The zero-order valence-electron chi connectivity index (χ0n) is 13.7. The molecule has 0 unspecified atom stereocenters. The van der Waals surface area contributed by atoms with Crippen LogP contribution in [0.1, 0.15) is 31.0 Å². The van der Waals surface area contributed by atoms with Gasteiger partial charge >= 0.3 is 5.69 Å². The van der Waals surface area contributed by atoms with E-state index in [0.29, 0.717) is 15.0 Å². The molecule has 3 rings (SSSR count). The van der Waals surface area contributed by atoms with Crippen molar-refractivity contribution < 1.29 is 4.39 Å². The van der Waals surface area contributed by atoms with Gasteiger partial charge in [-0.2, -0.15) is 0 Å². The first kappa shape index (κ1) is 18.2. The lowest BCUT2D eigenvalue weighted by Crippen LogP contribution is -2.31. The van der Waals surface area contributed by atoms with Crippen molar-refractivity contribution in [2.24, 2.45) is 0 Å². The molecule has 0 saturated heterocycles. The van der Waals surface area contributed by atoms with Crippen molar-refractivity contribution in [3.05, 3.63) is 64.3 Å². The van der Waals surface area contributed by atoms with E-state index in [9.17, 15) is 9.59 Å². The normalized spacial score (nSPS) is 11.5. The van der Waals surface area contributed by atoms with Gasteiger partial charge in [-0.05, 0) is 69.1 Å². The molecule has 5 nitrogen and oxygen atoms in total. The second-order valence-corrected chi connectivity index (χ2v) is 7.95. The van der Waals surface area contributed by atoms with Gasteiger partial charge in [-0.3, -0.25) is 19.3 Å².